The molecule has 1 aliphatic rings. The summed E-state index contributed by atoms with van der Waals surface area (Å²) in [6.45, 7) is 5.18. The lowest BCUT2D eigenvalue weighted by atomic mass is 10.1. The van der Waals surface area contributed by atoms with Crippen molar-refractivity contribution in [1.82, 2.24) is 4.90 Å². The minimum atomic E-state index is -0.675. The highest BCUT2D eigenvalue weighted by atomic mass is 16.5. The molecule has 1 atom stereocenters. The Kier molecular flexibility index (Phi) is 5.56. The summed E-state index contributed by atoms with van der Waals surface area (Å²) in [5, 5.41) is 2.84. The van der Waals surface area contributed by atoms with Crippen LogP contribution in [-0.4, -0.2) is 35.9 Å². The molecule has 26 heavy (non-hydrogen) atoms. The molecule has 0 bridgehead atoms. The first kappa shape index (κ1) is 18.0. The largest absolute Gasteiger partial charge is 0.481 e. The van der Waals surface area contributed by atoms with Crippen molar-refractivity contribution in [3.05, 3.63) is 59.7 Å². The van der Waals surface area contributed by atoms with E-state index in [0.717, 1.165) is 31.5 Å². The van der Waals surface area contributed by atoms with E-state index in [-0.39, 0.29) is 11.8 Å². The van der Waals surface area contributed by atoms with Crippen LogP contribution in [0.15, 0.2) is 48.5 Å². The predicted octanol–water partition coefficient (Wildman–Crippen LogP) is 3.64. The highest BCUT2D eigenvalue weighted by molar-refractivity contribution is 6.04. The van der Waals surface area contributed by atoms with E-state index in [9.17, 15) is 9.59 Å². The zero-order valence-electron chi connectivity index (χ0n) is 15.2. The topological polar surface area (TPSA) is 58.6 Å². The summed E-state index contributed by atoms with van der Waals surface area (Å²) in [4.78, 5) is 27.1. The Hall–Kier alpha value is -2.82. The smallest absolute Gasteiger partial charge is 0.265 e. The van der Waals surface area contributed by atoms with E-state index < -0.39 is 6.10 Å². The molecule has 1 N–H and O–H groups in total. The monoisotopic (exact) mass is 352 g/mol. The van der Waals surface area contributed by atoms with E-state index in [1.807, 2.05) is 48.2 Å². The van der Waals surface area contributed by atoms with Gasteiger partial charge < -0.3 is 15.0 Å². The van der Waals surface area contributed by atoms with Gasteiger partial charge in [-0.3, -0.25) is 9.59 Å². The summed E-state index contributed by atoms with van der Waals surface area (Å²) < 4.78 is 5.77. The molecule has 0 unspecified atom stereocenters. The molecule has 2 aromatic rings. The van der Waals surface area contributed by atoms with Gasteiger partial charge in [0, 0.05) is 13.1 Å². The third-order valence-corrected chi connectivity index (χ3v) is 4.58. The van der Waals surface area contributed by atoms with Crippen molar-refractivity contribution in [2.45, 2.75) is 32.8 Å². The fourth-order valence-electron chi connectivity index (χ4n) is 3.04. The fourth-order valence-corrected chi connectivity index (χ4v) is 3.04. The van der Waals surface area contributed by atoms with Crippen LogP contribution in [-0.2, 0) is 4.79 Å². The summed E-state index contributed by atoms with van der Waals surface area (Å²) >= 11 is 0. The molecule has 0 radical (unpaired) electrons. The Balaban J connectivity index is 1.71. The molecule has 2 aromatic carbocycles. The predicted molar refractivity (Wildman–Crippen MR) is 101 cm³/mol. The van der Waals surface area contributed by atoms with Crippen molar-refractivity contribution < 1.29 is 14.3 Å². The molecule has 1 aliphatic heterocycles. The number of benzene rings is 2. The minimum Gasteiger partial charge on any atom is -0.481 e. The highest BCUT2D eigenvalue weighted by Crippen LogP contribution is 2.22. The molecule has 1 heterocycles. The lowest BCUT2D eigenvalue weighted by molar-refractivity contribution is -0.122. The number of hydrogen-bond donors (Lipinski definition) is 1. The molecule has 1 fully saturated rings. The SMILES string of the molecule is Cc1ccccc1O[C@@H](C)C(=O)Nc1ccccc1C(=O)N1CCCC1. The van der Waals surface area contributed by atoms with Gasteiger partial charge in [-0.2, -0.15) is 0 Å². The maximum absolute atomic E-state index is 12.7. The third-order valence-electron chi connectivity index (χ3n) is 4.58. The summed E-state index contributed by atoms with van der Waals surface area (Å²) in [6, 6.07) is 14.7. The number of para-hydroxylation sites is 2. The lowest BCUT2D eigenvalue weighted by Crippen LogP contribution is -2.32. The second kappa shape index (κ2) is 8.04. The van der Waals surface area contributed by atoms with Gasteiger partial charge >= 0.3 is 0 Å². The molecule has 136 valence electrons. The van der Waals surface area contributed by atoms with Crippen LogP contribution in [0.2, 0.25) is 0 Å². The molecule has 5 heteroatoms. The number of amides is 2. The van der Waals surface area contributed by atoms with Crippen molar-refractivity contribution >= 4 is 17.5 Å². The number of hydrogen-bond acceptors (Lipinski definition) is 3. The second-order valence-corrected chi connectivity index (χ2v) is 6.56. The molecule has 3 rings (SSSR count). The van der Waals surface area contributed by atoms with Crippen LogP contribution in [0.4, 0.5) is 5.69 Å². The molecule has 1 saturated heterocycles. The molecule has 5 nitrogen and oxygen atoms in total. The van der Waals surface area contributed by atoms with Gasteiger partial charge in [0.05, 0.1) is 11.3 Å². The zero-order valence-corrected chi connectivity index (χ0v) is 15.2. The van der Waals surface area contributed by atoms with Crippen molar-refractivity contribution in [1.29, 1.82) is 0 Å². The average Bonchev–Trinajstić information content (AvgIpc) is 3.18. The highest BCUT2D eigenvalue weighted by Gasteiger charge is 2.23. The Bertz CT molecular complexity index is 797. The van der Waals surface area contributed by atoms with E-state index in [2.05, 4.69) is 5.32 Å². The Labute approximate surface area is 154 Å². The van der Waals surface area contributed by atoms with Crippen LogP contribution >= 0.6 is 0 Å². The summed E-state index contributed by atoms with van der Waals surface area (Å²) in [7, 11) is 0. The van der Waals surface area contributed by atoms with Crippen molar-refractivity contribution in [3.8, 4) is 5.75 Å². The fraction of sp³-hybridized carbons (Fsp3) is 0.333. The maximum atomic E-state index is 12.7. The van der Waals surface area contributed by atoms with E-state index in [1.54, 1.807) is 19.1 Å². The summed E-state index contributed by atoms with van der Waals surface area (Å²) in [6.07, 6.45) is 1.38. The van der Waals surface area contributed by atoms with E-state index in [0.29, 0.717) is 17.0 Å². The number of carbonyl (C=O) groups is 2. The number of carbonyl (C=O) groups excluding carboxylic acids is 2. The summed E-state index contributed by atoms with van der Waals surface area (Å²) in [5.41, 5.74) is 2.01. The number of aryl methyl sites for hydroxylation is 1. The zero-order chi connectivity index (χ0) is 18.5. The van der Waals surface area contributed by atoms with Crippen LogP contribution in [0.25, 0.3) is 0 Å². The molecular weight excluding hydrogens is 328 g/mol. The Morgan fingerprint density at radius 2 is 1.69 bits per heavy atom. The molecule has 0 saturated carbocycles. The standard InChI is InChI=1S/C21H24N2O3/c1-15-9-3-6-12-19(15)26-16(2)20(24)22-18-11-5-4-10-17(18)21(25)23-13-7-8-14-23/h3-6,9-12,16H,7-8,13-14H2,1-2H3,(H,22,24)/t16-/m0/s1. The van der Waals surface area contributed by atoms with Crippen LogP contribution in [0.1, 0.15) is 35.7 Å². The van der Waals surface area contributed by atoms with Gasteiger partial charge in [0.1, 0.15) is 5.75 Å². The normalized spacial score (nSPS) is 14.8. The number of likely N-dealkylation sites (tertiary alicyclic amines) is 1. The minimum absolute atomic E-state index is 0.0362. The number of ether oxygens (including phenoxy) is 1. The quantitative estimate of drug-likeness (QED) is 0.894. The van der Waals surface area contributed by atoms with Crippen LogP contribution < -0.4 is 10.1 Å². The molecule has 0 aliphatic carbocycles. The third kappa shape index (κ3) is 4.04. The van der Waals surface area contributed by atoms with Gasteiger partial charge in [0.2, 0.25) is 0 Å². The number of rotatable bonds is 5. The van der Waals surface area contributed by atoms with Crippen LogP contribution in [0.5, 0.6) is 5.75 Å². The van der Waals surface area contributed by atoms with Crippen molar-refractivity contribution in [3.63, 3.8) is 0 Å². The first-order valence-electron chi connectivity index (χ1n) is 8.97. The molecular formula is C21H24N2O3. The Morgan fingerprint density at radius 3 is 2.42 bits per heavy atom. The number of nitrogens with zero attached hydrogens (tertiary/aromatic N) is 1. The van der Waals surface area contributed by atoms with Gasteiger partial charge in [-0.1, -0.05) is 30.3 Å². The number of nitrogens with one attached hydrogen (secondary N) is 1. The van der Waals surface area contributed by atoms with E-state index in [4.69, 9.17) is 4.74 Å². The molecule has 2 amide bonds. The van der Waals surface area contributed by atoms with Gasteiger partial charge in [0.15, 0.2) is 6.10 Å². The van der Waals surface area contributed by atoms with Gasteiger partial charge in [0.25, 0.3) is 11.8 Å². The average molecular weight is 352 g/mol. The van der Waals surface area contributed by atoms with Crippen molar-refractivity contribution in [2.75, 3.05) is 18.4 Å². The van der Waals surface area contributed by atoms with Gasteiger partial charge in [-0.05, 0) is 50.5 Å². The second-order valence-electron chi connectivity index (χ2n) is 6.56. The van der Waals surface area contributed by atoms with E-state index >= 15 is 0 Å². The Morgan fingerprint density at radius 1 is 1.04 bits per heavy atom. The number of anilines is 1. The first-order valence-corrected chi connectivity index (χ1v) is 8.97. The lowest BCUT2D eigenvalue weighted by Gasteiger charge is -2.20. The molecule has 0 spiro atoms. The first-order chi connectivity index (χ1) is 12.6. The van der Waals surface area contributed by atoms with Gasteiger partial charge in [-0.25, -0.2) is 0 Å². The van der Waals surface area contributed by atoms with Crippen LogP contribution in [0, 0.1) is 6.92 Å². The van der Waals surface area contributed by atoms with Crippen molar-refractivity contribution in [2.24, 2.45) is 0 Å². The maximum Gasteiger partial charge on any atom is 0.265 e. The summed E-state index contributed by atoms with van der Waals surface area (Å²) in [5.74, 6) is 0.359. The van der Waals surface area contributed by atoms with Crippen LogP contribution in [0.3, 0.4) is 0 Å². The molecule has 0 aromatic heterocycles. The van der Waals surface area contributed by atoms with Gasteiger partial charge in [-0.15, -0.1) is 0 Å². The van der Waals surface area contributed by atoms with E-state index in [1.165, 1.54) is 0 Å².